The van der Waals surface area contributed by atoms with Crippen molar-refractivity contribution in [3.63, 3.8) is 0 Å². The van der Waals surface area contributed by atoms with E-state index in [4.69, 9.17) is 0 Å². The number of aromatic carboxylic acids is 1. The van der Waals surface area contributed by atoms with Crippen molar-refractivity contribution in [3.05, 3.63) is 107 Å². The SMILES string of the molecule is O=C(O)c1ccccc1/C=N\NC(=O)C(O)(c1ccccc1)c1ccccc1. The van der Waals surface area contributed by atoms with Gasteiger partial charge >= 0.3 is 5.97 Å². The quantitative estimate of drug-likeness (QED) is 0.456. The molecule has 0 aromatic heterocycles. The second-order valence-corrected chi connectivity index (χ2v) is 6.03. The maximum absolute atomic E-state index is 12.9. The third-order valence-corrected chi connectivity index (χ3v) is 4.27. The number of carboxylic acid groups (broad SMARTS) is 1. The van der Waals surface area contributed by atoms with E-state index < -0.39 is 17.5 Å². The number of aliphatic hydroxyl groups is 1. The number of carbonyl (C=O) groups is 2. The minimum Gasteiger partial charge on any atom is -0.478 e. The Morgan fingerprint density at radius 3 is 1.86 bits per heavy atom. The minimum absolute atomic E-state index is 0.0573. The van der Waals surface area contributed by atoms with Gasteiger partial charge < -0.3 is 10.2 Å². The van der Waals surface area contributed by atoms with Gasteiger partial charge in [0.2, 0.25) is 0 Å². The van der Waals surface area contributed by atoms with Gasteiger partial charge in [-0.3, -0.25) is 4.79 Å². The molecule has 140 valence electrons. The standard InChI is InChI=1S/C22H18N2O4/c25-20(26)19-14-8-7-9-16(19)15-23-24-21(27)22(28,17-10-3-1-4-11-17)18-12-5-2-6-13-18/h1-15,28H,(H,24,27)(H,25,26)/b23-15-. The molecule has 0 atom stereocenters. The molecule has 3 aromatic rings. The number of hydrogen-bond acceptors (Lipinski definition) is 4. The molecule has 6 nitrogen and oxygen atoms in total. The van der Waals surface area contributed by atoms with Gasteiger partial charge in [0.05, 0.1) is 11.8 Å². The van der Waals surface area contributed by atoms with E-state index in [1.54, 1.807) is 78.9 Å². The lowest BCUT2D eigenvalue weighted by atomic mass is 9.85. The van der Waals surface area contributed by atoms with Gasteiger partial charge in [0.15, 0.2) is 5.60 Å². The third kappa shape index (κ3) is 3.82. The summed E-state index contributed by atoms with van der Waals surface area (Å²) in [6, 6.07) is 23.3. The highest BCUT2D eigenvalue weighted by Crippen LogP contribution is 2.29. The summed E-state index contributed by atoms with van der Waals surface area (Å²) in [5, 5.41) is 24.3. The number of amides is 1. The fourth-order valence-corrected chi connectivity index (χ4v) is 2.83. The first-order chi connectivity index (χ1) is 13.5. The Morgan fingerprint density at radius 2 is 1.32 bits per heavy atom. The summed E-state index contributed by atoms with van der Waals surface area (Å²) in [4.78, 5) is 24.1. The number of carboxylic acids is 1. The monoisotopic (exact) mass is 374 g/mol. The second-order valence-electron chi connectivity index (χ2n) is 6.03. The van der Waals surface area contributed by atoms with Crippen molar-refractivity contribution in [2.45, 2.75) is 5.60 Å². The average Bonchev–Trinajstić information content (AvgIpc) is 2.74. The number of nitrogens with one attached hydrogen (secondary N) is 1. The zero-order chi connectivity index (χ0) is 20.0. The highest BCUT2D eigenvalue weighted by molar-refractivity contribution is 5.99. The van der Waals surface area contributed by atoms with Crippen molar-refractivity contribution in [2.75, 3.05) is 0 Å². The number of benzene rings is 3. The first-order valence-corrected chi connectivity index (χ1v) is 8.52. The van der Waals surface area contributed by atoms with Gasteiger partial charge in [0.25, 0.3) is 5.91 Å². The molecule has 6 heteroatoms. The van der Waals surface area contributed by atoms with E-state index in [9.17, 15) is 19.8 Å². The van der Waals surface area contributed by atoms with Crippen LogP contribution >= 0.6 is 0 Å². The van der Waals surface area contributed by atoms with Crippen LogP contribution in [0.1, 0.15) is 27.0 Å². The zero-order valence-electron chi connectivity index (χ0n) is 14.8. The molecule has 0 fully saturated rings. The summed E-state index contributed by atoms with van der Waals surface area (Å²) in [6.07, 6.45) is 1.23. The molecule has 0 aliphatic carbocycles. The molecular formula is C22H18N2O4. The molecule has 3 rings (SSSR count). The Hall–Kier alpha value is -3.77. The van der Waals surface area contributed by atoms with E-state index in [-0.39, 0.29) is 5.56 Å². The lowest BCUT2D eigenvalue weighted by Crippen LogP contribution is -2.43. The molecule has 3 N–H and O–H groups in total. The molecule has 0 bridgehead atoms. The van der Waals surface area contributed by atoms with Crippen LogP contribution in [0, 0.1) is 0 Å². The summed E-state index contributed by atoms with van der Waals surface area (Å²) >= 11 is 0. The predicted molar refractivity (Wildman–Crippen MR) is 105 cm³/mol. The van der Waals surface area contributed by atoms with Crippen molar-refractivity contribution in [3.8, 4) is 0 Å². The van der Waals surface area contributed by atoms with Crippen LogP contribution in [0.15, 0.2) is 90.0 Å². The highest BCUT2D eigenvalue weighted by Gasteiger charge is 2.39. The van der Waals surface area contributed by atoms with Crippen LogP contribution in [-0.2, 0) is 10.4 Å². The van der Waals surface area contributed by atoms with Crippen LogP contribution in [0.25, 0.3) is 0 Å². The first kappa shape index (κ1) is 19.0. The van der Waals surface area contributed by atoms with Crippen molar-refractivity contribution in [2.24, 2.45) is 5.10 Å². The van der Waals surface area contributed by atoms with Crippen molar-refractivity contribution >= 4 is 18.1 Å². The van der Waals surface area contributed by atoms with Gasteiger partial charge in [0, 0.05) is 5.56 Å². The Kier molecular flexibility index (Phi) is 5.62. The summed E-state index contributed by atoms with van der Waals surface area (Å²) in [5.41, 5.74) is 1.54. The third-order valence-electron chi connectivity index (χ3n) is 4.27. The van der Waals surface area contributed by atoms with E-state index in [2.05, 4.69) is 10.5 Å². The number of nitrogens with zero attached hydrogens (tertiary/aromatic N) is 1. The number of hydrogen-bond donors (Lipinski definition) is 3. The molecule has 28 heavy (non-hydrogen) atoms. The Balaban J connectivity index is 1.91. The highest BCUT2D eigenvalue weighted by atomic mass is 16.4. The van der Waals surface area contributed by atoms with Gasteiger partial charge in [-0.2, -0.15) is 5.10 Å². The largest absolute Gasteiger partial charge is 0.478 e. The molecule has 1 amide bonds. The van der Waals surface area contributed by atoms with Crippen LogP contribution in [0.4, 0.5) is 0 Å². The fraction of sp³-hybridized carbons (Fsp3) is 0.0455. The number of hydrazone groups is 1. The van der Waals surface area contributed by atoms with E-state index >= 15 is 0 Å². The zero-order valence-corrected chi connectivity index (χ0v) is 14.8. The summed E-state index contributed by atoms with van der Waals surface area (Å²) in [5.74, 6) is -1.85. The van der Waals surface area contributed by atoms with Crippen LogP contribution in [-0.4, -0.2) is 28.3 Å². The summed E-state index contributed by atoms with van der Waals surface area (Å²) < 4.78 is 0. The minimum atomic E-state index is -1.95. The van der Waals surface area contributed by atoms with Crippen molar-refractivity contribution in [1.29, 1.82) is 0 Å². The molecule has 3 aromatic carbocycles. The van der Waals surface area contributed by atoms with Gasteiger partial charge in [0.1, 0.15) is 0 Å². The molecule has 0 spiro atoms. The first-order valence-electron chi connectivity index (χ1n) is 8.52. The molecule has 0 saturated carbocycles. The van der Waals surface area contributed by atoms with Crippen molar-refractivity contribution < 1.29 is 19.8 Å². The predicted octanol–water partition coefficient (Wildman–Crippen LogP) is 2.77. The van der Waals surface area contributed by atoms with Gasteiger partial charge in [-0.15, -0.1) is 0 Å². The lowest BCUT2D eigenvalue weighted by Gasteiger charge is -2.27. The molecule has 0 aliphatic heterocycles. The van der Waals surface area contributed by atoms with Gasteiger partial charge in [-0.05, 0) is 17.2 Å². The molecule has 0 saturated heterocycles. The normalized spacial score (nSPS) is 11.3. The Labute approximate surface area is 161 Å². The molecule has 0 heterocycles. The Bertz CT molecular complexity index is 962. The molecule has 0 radical (unpaired) electrons. The van der Waals surface area contributed by atoms with E-state index in [1.807, 2.05) is 0 Å². The maximum Gasteiger partial charge on any atom is 0.336 e. The topological polar surface area (TPSA) is 99.0 Å². The van der Waals surface area contributed by atoms with Crippen molar-refractivity contribution in [1.82, 2.24) is 5.43 Å². The smallest absolute Gasteiger partial charge is 0.336 e. The van der Waals surface area contributed by atoms with Crippen LogP contribution < -0.4 is 5.43 Å². The molecule has 0 aliphatic rings. The lowest BCUT2D eigenvalue weighted by molar-refractivity contribution is -0.136. The maximum atomic E-state index is 12.9. The second kappa shape index (κ2) is 8.28. The van der Waals surface area contributed by atoms with E-state index in [0.29, 0.717) is 16.7 Å². The molecular weight excluding hydrogens is 356 g/mol. The van der Waals surface area contributed by atoms with E-state index in [0.717, 1.165) is 0 Å². The van der Waals surface area contributed by atoms with E-state index in [1.165, 1.54) is 12.3 Å². The average molecular weight is 374 g/mol. The Morgan fingerprint density at radius 1 is 0.821 bits per heavy atom. The number of rotatable bonds is 6. The number of carbonyl (C=O) groups excluding carboxylic acids is 1. The summed E-state index contributed by atoms with van der Waals surface area (Å²) in [6.45, 7) is 0. The van der Waals surface area contributed by atoms with Gasteiger partial charge in [-0.1, -0.05) is 78.9 Å². The fourth-order valence-electron chi connectivity index (χ4n) is 2.83. The van der Waals surface area contributed by atoms with Gasteiger partial charge in [-0.25, -0.2) is 10.2 Å². The van der Waals surface area contributed by atoms with Crippen LogP contribution in [0.5, 0.6) is 0 Å². The van der Waals surface area contributed by atoms with Crippen LogP contribution in [0.2, 0.25) is 0 Å². The summed E-state index contributed by atoms with van der Waals surface area (Å²) in [7, 11) is 0. The molecule has 0 unspecified atom stereocenters. The van der Waals surface area contributed by atoms with Crippen LogP contribution in [0.3, 0.4) is 0 Å².